The highest BCUT2D eigenvalue weighted by Gasteiger charge is 2.40. The molecule has 9 nitrogen and oxygen atoms in total. The first-order valence-corrected chi connectivity index (χ1v) is 11.9. The average molecular weight is 468 g/mol. The predicted molar refractivity (Wildman–Crippen MR) is 126 cm³/mol. The molecule has 1 heterocycles. The van der Waals surface area contributed by atoms with E-state index in [-0.39, 0.29) is 24.3 Å². The lowest BCUT2D eigenvalue weighted by Crippen LogP contribution is -2.48. The van der Waals surface area contributed by atoms with Crippen LogP contribution in [-0.2, 0) is 19.1 Å². The Morgan fingerprint density at radius 2 is 1.88 bits per heavy atom. The smallest absolute Gasteiger partial charge is 0.408 e. The van der Waals surface area contributed by atoms with Gasteiger partial charge in [0.1, 0.15) is 18.2 Å². The summed E-state index contributed by atoms with van der Waals surface area (Å²) in [6.07, 6.45) is 10.7. The topological polar surface area (TPSA) is 125 Å². The molecule has 2 fully saturated rings. The number of alkyl carbamates (subject to hydrolysis) is 1. The summed E-state index contributed by atoms with van der Waals surface area (Å²) in [5, 5.41) is 13.6. The molecule has 0 spiro atoms. The molecule has 0 bridgehead atoms. The van der Waals surface area contributed by atoms with E-state index in [9.17, 15) is 19.2 Å². The molecule has 0 aromatic heterocycles. The SMILES string of the molecule is CCCCC/C=C\C1C[C@@H]1C(=O)O.CNC(=O)C1CCCN1C(=O)CNC(=O)OC(C)(C)C. The Balaban J connectivity index is 0.000000361. The van der Waals surface area contributed by atoms with Crippen molar-refractivity contribution in [1.29, 1.82) is 0 Å². The Kier molecular flexibility index (Phi) is 11.9. The van der Waals surface area contributed by atoms with E-state index in [0.717, 1.165) is 19.3 Å². The number of hydrogen-bond acceptors (Lipinski definition) is 5. The zero-order valence-electron chi connectivity index (χ0n) is 20.7. The molecule has 33 heavy (non-hydrogen) atoms. The second kappa shape index (κ2) is 13.9. The number of nitrogens with one attached hydrogen (secondary N) is 2. The predicted octanol–water partition coefficient (Wildman–Crippen LogP) is 3.09. The van der Waals surface area contributed by atoms with Crippen LogP contribution in [0.5, 0.6) is 0 Å². The number of carboxylic acid groups (broad SMARTS) is 1. The Labute approximate surface area is 197 Å². The minimum atomic E-state index is -0.637. The molecule has 3 amide bonds. The molecule has 1 aliphatic heterocycles. The van der Waals surface area contributed by atoms with Gasteiger partial charge in [0.05, 0.1) is 5.92 Å². The molecule has 9 heteroatoms. The molecule has 3 atom stereocenters. The number of nitrogens with zero attached hydrogens (tertiary/aromatic N) is 1. The van der Waals surface area contributed by atoms with Gasteiger partial charge in [-0.05, 0) is 58.8 Å². The highest BCUT2D eigenvalue weighted by Crippen LogP contribution is 2.39. The van der Waals surface area contributed by atoms with Gasteiger partial charge in [0.25, 0.3) is 0 Å². The monoisotopic (exact) mass is 467 g/mol. The molecular formula is C24H41N3O6. The molecular weight excluding hydrogens is 426 g/mol. The summed E-state index contributed by atoms with van der Waals surface area (Å²) in [7, 11) is 1.54. The van der Waals surface area contributed by atoms with E-state index in [1.807, 2.05) is 0 Å². The maximum absolute atomic E-state index is 12.0. The van der Waals surface area contributed by atoms with E-state index >= 15 is 0 Å². The minimum Gasteiger partial charge on any atom is -0.481 e. The number of aliphatic carboxylic acids is 1. The summed E-state index contributed by atoms with van der Waals surface area (Å²) in [6.45, 7) is 7.80. The Bertz CT molecular complexity index is 701. The molecule has 1 saturated heterocycles. The lowest BCUT2D eigenvalue weighted by atomic mass is 10.2. The lowest BCUT2D eigenvalue weighted by molar-refractivity contribution is -0.138. The van der Waals surface area contributed by atoms with Crippen molar-refractivity contribution in [2.24, 2.45) is 11.8 Å². The molecule has 1 saturated carbocycles. The molecule has 2 aliphatic rings. The molecule has 188 valence electrons. The van der Waals surface area contributed by atoms with Crippen LogP contribution in [0.3, 0.4) is 0 Å². The summed E-state index contributed by atoms with van der Waals surface area (Å²) in [6, 6.07) is -0.437. The van der Waals surface area contributed by atoms with Gasteiger partial charge in [0.2, 0.25) is 11.8 Å². The summed E-state index contributed by atoms with van der Waals surface area (Å²) in [5.41, 5.74) is -0.606. The summed E-state index contributed by atoms with van der Waals surface area (Å²) in [4.78, 5) is 47.1. The van der Waals surface area contributed by atoms with Crippen molar-refractivity contribution in [3.05, 3.63) is 12.2 Å². The fraction of sp³-hybridized carbons (Fsp3) is 0.750. The number of ether oxygens (including phenoxy) is 1. The third-order valence-corrected chi connectivity index (χ3v) is 5.42. The molecule has 2 unspecified atom stereocenters. The molecule has 2 rings (SSSR count). The number of likely N-dealkylation sites (N-methyl/N-ethyl adjacent to an activating group) is 1. The first-order chi connectivity index (χ1) is 15.5. The Morgan fingerprint density at radius 3 is 2.42 bits per heavy atom. The van der Waals surface area contributed by atoms with Crippen LogP contribution in [-0.4, -0.2) is 65.7 Å². The summed E-state index contributed by atoms with van der Waals surface area (Å²) < 4.78 is 5.05. The molecule has 0 aromatic carbocycles. The van der Waals surface area contributed by atoms with E-state index in [1.54, 1.807) is 27.8 Å². The summed E-state index contributed by atoms with van der Waals surface area (Å²) >= 11 is 0. The maximum atomic E-state index is 12.0. The van der Waals surface area contributed by atoms with E-state index in [4.69, 9.17) is 9.84 Å². The second-order valence-corrected chi connectivity index (χ2v) is 9.48. The van der Waals surface area contributed by atoms with Gasteiger partial charge in [-0.3, -0.25) is 14.4 Å². The van der Waals surface area contributed by atoms with Crippen molar-refractivity contribution < 1.29 is 29.0 Å². The number of unbranched alkanes of at least 4 members (excludes halogenated alkanes) is 3. The highest BCUT2D eigenvalue weighted by atomic mass is 16.6. The van der Waals surface area contributed by atoms with Crippen LogP contribution >= 0.6 is 0 Å². The third kappa shape index (κ3) is 11.2. The number of amides is 3. The average Bonchev–Trinajstić information content (AvgIpc) is 3.35. The Morgan fingerprint density at radius 1 is 1.18 bits per heavy atom. The van der Waals surface area contributed by atoms with E-state index in [0.29, 0.717) is 18.9 Å². The van der Waals surface area contributed by atoms with Gasteiger partial charge in [-0.1, -0.05) is 31.9 Å². The largest absolute Gasteiger partial charge is 0.481 e. The molecule has 0 radical (unpaired) electrons. The number of rotatable bonds is 9. The zero-order valence-corrected chi connectivity index (χ0v) is 20.7. The van der Waals surface area contributed by atoms with Crippen LogP contribution in [0, 0.1) is 11.8 Å². The van der Waals surface area contributed by atoms with Crippen molar-refractivity contribution >= 4 is 23.9 Å². The first kappa shape index (κ1) is 28.5. The van der Waals surface area contributed by atoms with Crippen LogP contribution in [0.25, 0.3) is 0 Å². The second-order valence-electron chi connectivity index (χ2n) is 9.48. The van der Waals surface area contributed by atoms with Gasteiger partial charge in [-0.15, -0.1) is 0 Å². The minimum absolute atomic E-state index is 0.0811. The van der Waals surface area contributed by atoms with Gasteiger partial charge < -0.3 is 25.4 Å². The fourth-order valence-electron chi connectivity index (χ4n) is 3.56. The standard InChI is InChI=1S/C13H23N3O4.C11H18O2/c1-13(2,3)20-12(19)15-8-10(17)16-7-5-6-9(16)11(18)14-4;1-2-3-4-5-6-7-9-8-10(9)11(12)13/h9H,5-8H2,1-4H3,(H,14,18)(H,15,19);6-7,9-10H,2-5,8H2,1H3,(H,12,13)/b;7-6-/t;9?,10-/m.0/s1. The van der Waals surface area contributed by atoms with Crippen LogP contribution in [0.15, 0.2) is 12.2 Å². The van der Waals surface area contributed by atoms with E-state index in [1.165, 1.54) is 24.2 Å². The van der Waals surface area contributed by atoms with Crippen LogP contribution in [0.4, 0.5) is 4.79 Å². The van der Waals surface area contributed by atoms with Crippen molar-refractivity contribution in [2.45, 2.75) is 84.3 Å². The Hall–Kier alpha value is -2.58. The molecule has 1 aliphatic carbocycles. The number of allylic oxidation sites excluding steroid dienone is 2. The highest BCUT2D eigenvalue weighted by molar-refractivity contribution is 5.89. The normalized spacial score (nSPS) is 21.7. The van der Waals surface area contributed by atoms with Crippen molar-refractivity contribution in [2.75, 3.05) is 20.1 Å². The number of carbonyl (C=O) groups excluding carboxylic acids is 3. The first-order valence-electron chi connectivity index (χ1n) is 11.9. The van der Waals surface area contributed by atoms with Crippen molar-refractivity contribution in [3.63, 3.8) is 0 Å². The fourth-order valence-corrected chi connectivity index (χ4v) is 3.56. The molecule has 3 N–H and O–H groups in total. The van der Waals surface area contributed by atoms with E-state index in [2.05, 4.69) is 29.7 Å². The van der Waals surface area contributed by atoms with Crippen LogP contribution in [0.2, 0.25) is 0 Å². The van der Waals surface area contributed by atoms with Gasteiger partial charge in [-0.2, -0.15) is 0 Å². The van der Waals surface area contributed by atoms with Gasteiger partial charge in [-0.25, -0.2) is 4.79 Å². The van der Waals surface area contributed by atoms with Gasteiger partial charge >= 0.3 is 12.1 Å². The number of likely N-dealkylation sites (tertiary alicyclic amines) is 1. The van der Waals surface area contributed by atoms with Crippen LogP contribution in [0.1, 0.15) is 72.6 Å². The summed E-state index contributed by atoms with van der Waals surface area (Å²) in [5.74, 6) is -0.833. The number of hydrogen-bond donors (Lipinski definition) is 3. The number of carboxylic acids is 1. The molecule has 0 aromatic rings. The van der Waals surface area contributed by atoms with Crippen molar-refractivity contribution in [1.82, 2.24) is 15.5 Å². The zero-order chi connectivity index (χ0) is 25.0. The van der Waals surface area contributed by atoms with Crippen molar-refractivity contribution in [3.8, 4) is 0 Å². The quantitative estimate of drug-likeness (QED) is 0.353. The number of carbonyl (C=O) groups is 4. The lowest BCUT2D eigenvalue weighted by Gasteiger charge is -2.24. The third-order valence-electron chi connectivity index (χ3n) is 5.42. The van der Waals surface area contributed by atoms with Gasteiger partial charge in [0, 0.05) is 13.6 Å². The maximum Gasteiger partial charge on any atom is 0.408 e. The van der Waals surface area contributed by atoms with E-state index < -0.39 is 23.7 Å². The van der Waals surface area contributed by atoms with Crippen LogP contribution < -0.4 is 10.6 Å². The van der Waals surface area contributed by atoms with Gasteiger partial charge in [0.15, 0.2) is 0 Å².